The van der Waals surface area contributed by atoms with Crippen LogP contribution in [0.5, 0.6) is 0 Å². The minimum atomic E-state index is -0.512. The highest BCUT2D eigenvalue weighted by Gasteiger charge is 2.11. The SMILES string of the molecule is C=CCC(N)C(=O)NCc1csc(C)n1. The lowest BCUT2D eigenvalue weighted by atomic mass is 10.2. The smallest absolute Gasteiger partial charge is 0.237 e. The van der Waals surface area contributed by atoms with Gasteiger partial charge in [0, 0.05) is 5.38 Å². The summed E-state index contributed by atoms with van der Waals surface area (Å²) in [6.45, 7) is 5.90. The van der Waals surface area contributed by atoms with Gasteiger partial charge in [-0.15, -0.1) is 17.9 Å². The molecule has 82 valence electrons. The summed E-state index contributed by atoms with van der Waals surface area (Å²) in [6.07, 6.45) is 2.12. The predicted molar refractivity (Wildman–Crippen MR) is 61.5 cm³/mol. The Morgan fingerprint density at radius 3 is 3.13 bits per heavy atom. The van der Waals surface area contributed by atoms with Crippen LogP contribution in [0.4, 0.5) is 0 Å². The van der Waals surface area contributed by atoms with Crippen LogP contribution in [0.15, 0.2) is 18.0 Å². The molecule has 1 unspecified atom stereocenters. The molecule has 1 rings (SSSR count). The van der Waals surface area contributed by atoms with E-state index in [0.717, 1.165) is 10.7 Å². The highest BCUT2D eigenvalue weighted by atomic mass is 32.1. The van der Waals surface area contributed by atoms with Crippen LogP contribution in [-0.4, -0.2) is 16.9 Å². The second-order valence-electron chi connectivity index (χ2n) is 3.21. The molecular formula is C10H15N3OS. The van der Waals surface area contributed by atoms with Crippen LogP contribution < -0.4 is 11.1 Å². The molecular weight excluding hydrogens is 210 g/mol. The van der Waals surface area contributed by atoms with Gasteiger partial charge in [-0.1, -0.05) is 6.08 Å². The van der Waals surface area contributed by atoms with Gasteiger partial charge in [-0.05, 0) is 13.3 Å². The summed E-state index contributed by atoms with van der Waals surface area (Å²) in [4.78, 5) is 15.6. The number of aromatic nitrogens is 1. The molecule has 0 saturated heterocycles. The zero-order valence-electron chi connectivity index (χ0n) is 8.69. The van der Waals surface area contributed by atoms with E-state index in [4.69, 9.17) is 5.73 Å². The van der Waals surface area contributed by atoms with Crippen LogP contribution in [0.3, 0.4) is 0 Å². The van der Waals surface area contributed by atoms with Crippen molar-refractivity contribution in [2.45, 2.75) is 25.9 Å². The summed E-state index contributed by atoms with van der Waals surface area (Å²) in [6, 6.07) is -0.512. The molecule has 4 nitrogen and oxygen atoms in total. The van der Waals surface area contributed by atoms with Gasteiger partial charge in [-0.25, -0.2) is 4.98 Å². The summed E-state index contributed by atoms with van der Waals surface area (Å²) >= 11 is 1.56. The molecule has 0 aliphatic heterocycles. The summed E-state index contributed by atoms with van der Waals surface area (Å²) in [5, 5.41) is 5.65. The zero-order valence-corrected chi connectivity index (χ0v) is 9.51. The van der Waals surface area contributed by atoms with Gasteiger partial charge < -0.3 is 11.1 Å². The number of nitrogens with zero attached hydrogens (tertiary/aromatic N) is 1. The Morgan fingerprint density at radius 1 is 1.87 bits per heavy atom. The number of carbonyl (C=O) groups excluding carboxylic acids is 1. The third-order valence-electron chi connectivity index (χ3n) is 1.87. The zero-order chi connectivity index (χ0) is 11.3. The van der Waals surface area contributed by atoms with Gasteiger partial charge in [0.25, 0.3) is 0 Å². The molecule has 15 heavy (non-hydrogen) atoms. The van der Waals surface area contributed by atoms with E-state index in [1.54, 1.807) is 17.4 Å². The first-order valence-corrected chi connectivity index (χ1v) is 5.56. The molecule has 0 fully saturated rings. The van der Waals surface area contributed by atoms with Crippen LogP contribution in [0.25, 0.3) is 0 Å². The molecule has 1 heterocycles. The van der Waals surface area contributed by atoms with Crippen molar-refractivity contribution < 1.29 is 4.79 Å². The maximum atomic E-state index is 11.4. The Kier molecular flexibility index (Phi) is 4.45. The van der Waals surface area contributed by atoms with Gasteiger partial charge >= 0.3 is 0 Å². The van der Waals surface area contributed by atoms with E-state index in [2.05, 4.69) is 16.9 Å². The lowest BCUT2D eigenvalue weighted by molar-refractivity contribution is -0.122. The van der Waals surface area contributed by atoms with E-state index in [-0.39, 0.29) is 5.91 Å². The minimum Gasteiger partial charge on any atom is -0.349 e. The number of amides is 1. The second-order valence-corrected chi connectivity index (χ2v) is 4.27. The lowest BCUT2D eigenvalue weighted by Crippen LogP contribution is -2.39. The van der Waals surface area contributed by atoms with Crippen molar-refractivity contribution in [2.75, 3.05) is 0 Å². The fourth-order valence-corrected chi connectivity index (χ4v) is 1.70. The fourth-order valence-electron chi connectivity index (χ4n) is 1.08. The van der Waals surface area contributed by atoms with Crippen LogP contribution in [-0.2, 0) is 11.3 Å². The monoisotopic (exact) mass is 225 g/mol. The predicted octanol–water partition coefficient (Wildman–Crippen LogP) is 0.971. The Morgan fingerprint density at radius 2 is 2.60 bits per heavy atom. The number of aryl methyl sites for hydroxylation is 1. The van der Waals surface area contributed by atoms with E-state index in [0.29, 0.717) is 13.0 Å². The molecule has 1 amide bonds. The lowest BCUT2D eigenvalue weighted by Gasteiger charge is -2.08. The largest absolute Gasteiger partial charge is 0.349 e. The third-order valence-corrected chi connectivity index (χ3v) is 2.69. The average molecular weight is 225 g/mol. The summed E-state index contributed by atoms with van der Waals surface area (Å²) in [5.74, 6) is -0.166. The molecule has 0 aliphatic rings. The van der Waals surface area contributed by atoms with Gasteiger partial charge in [0.15, 0.2) is 0 Å². The highest BCUT2D eigenvalue weighted by Crippen LogP contribution is 2.07. The molecule has 1 aromatic heterocycles. The fraction of sp³-hybridized carbons (Fsp3) is 0.400. The molecule has 0 radical (unpaired) electrons. The normalized spacial score (nSPS) is 12.1. The van der Waals surface area contributed by atoms with Crippen molar-refractivity contribution >= 4 is 17.2 Å². The van der Waals surface area contributed by atoms with E-state index < -0.39 is 6.04 Å². The van der Waals surface area contributed by atoms with Crippen molar-refractivity contribution in [3.63, 3.8) is 0 Å². The van der Waals surface area contributed by atoms with Gasteiger partial charge in [0.1, 0.15) is 0 Å². The molecule has 0 bridgehead atoms. The van der Waals surface area contributed by atoms with Crippen LogP contribution in [0, 0.1) is 6.92 Å². The molecule has 3 N–H and O–H groups in total. The number of rotatable bonds is 5. The first-order chi connectivity index (χ1) is 7.13. The highest BCUT2D eigenvalue weighted by molar-refractivity contribution is 7.09. The van der Waals surface area contributed by atoms with Crippen molar-refractivity contribution in [2.24, 2.45) is 5.73 Å². The van der Waals surface area contributed by atoms with E-state index in [9.17, 15) is 4.79 Å². The first kappa shape index (κ1) is 11.9. The van der Waals surface area contributed by atoms with Gasteiger partial charge in [0.2, 0.25) is 5.91 Å². The Hall–Kier alpha value is -1.20. The van der Waals surface area contributed by atoms with Gasteiger partial charge in [-0.3, -0.25) is 4.79 Å². The Labute approximate surface area is 93.2 Å². The maximum absolute atomic E-state index is 11.4. The number of carbonyl (C=O) groups is 1. The molecule has 1 aromatic rings. The summed E-state index contributed by atoms with van der Waals surface area (Å²) in [7, 11) is 0. The molecule has 0 aromatic carbocycles. The number of nitrogens with one attached hydrogen (secondary N) is 1. The van der Waals surface area contributed by atoms with Gasteiger partial charge in [-0.2, -0.15) is 0 Å². The van der Waals surface area contributed by atoms with Crippen molar-refractivity contribution in [1.82, 2.24) is 10.3 Å². The Balaban J connectivity index is 2.37. The minimum absolute atomic E-state index is 0.166. The molecule has 0 spiro atoms. The number of hydrogen-bond acceptors (Lipinski definition) is 4. The third kappa shape index (κ3) is 3.81. The van der Waals surface area contributed by atoms with E-state index in [1.807, 2.05) is 12.3 Å². The number of nitrogens with two attached hydrogens (primary N) is 1. The van der Waals surface area contributed by atoms with Crippen molar-refractivity contribution in [3.05, 3.63) is 28.7 Å². The molecule has 0 saturated carbocycles. The van der Waals surface area contributed by atoms with E-state index >= 15 is 0 Å². The second kappa shape index (κ2) is 5.63. The van der Waals surface area contributed by atoms with Gasteiger partial charge in [0.05, 0.1) is 23.3 Å². The van der Waals surface area contributed by atoms with E-state index in [1.165, 1.54) is 0 Å². The number of thiazole rings is 1. The summed E-state index contributed by atoms with van der Waals surface area (Å²) < 4.78 is 0. The Bertz CT molecular complexity index is 348. The topological polar surface area (TPSA) is 68.0 Å². The quantitative estimate of drug-likeness (QED) is 0.734. The van der Waals surface area contributed by atoms with Crippen LogP contribution >= 0.6 is 11.3 Å². The average Bonchev–Trinajstić information content (AvgIpc) is 2.61. The summed E-state index contributed by atoms with van der Waals surface area (Å²) in [5.41, 5.74) is 6.47. The van der Waals surface area contributed by atoms with Crippen molar-refractivity contribution in [1.29, 1.82) is 0 Å². The standard InChI is InChI=1S/C10H15N3OS/c1-3-4-9(11)10(14)12-5-8-6-15-7(2)13-8/h3,6,9H,1,4-5,11H2,2H3,(H,12,14). The van der Waals surface area contributed by atoms with Crippen molar-refractivity contribution in [3.8, 4) is 0 Å². The van der Waals surface area contributed by atoms with Crippen LogP contribution in [0.1, 0.15) is 17.1 Å². The maximum Gasteiger partial charge on any atom is 0.237 e. The molecule has 5 heteroatoms. The molecule has 0 aliphatic carbocycles. The molecule has 1 atom stereocenters. The number of hydrogen-bond donors (Lipinski definition) is 2. The first-order valence-electron chi connectivity index (χ1n) is 4.68. The van der Waals surface area contributed by atoms with Crippen LogP contribution in [0.2, 0.25) is 0 Å².